The fraction of sp³-hybridized carbons (Fsp3) is 0.250. The van der Waals surface area contributed by atoms with Crippen LogP contribution in [0.3, 0.4) is 0 Å². The molecule has 0 saturated carbocycles. The number of halogens is 3. The minimum absolute atomic E-state index is 0.0803. The summed E-state index contributed by atoms with van der Waals surface area (Å²) >= 11 is 4.81. The molecule has 0 spiro atoms. The number of nitrogens with zero attached hydrogens (tertiary/aromatic N) is 2. The van der Waals surface area contributed by atoms with E-state index in [4.69, 9.17) is 18.1 Å². The molecule has 0 atom stereocenters. The molecule has 2 aromatic rings. The van der Waals surface area contributed by atoms with Gasteiger partial charge in [-0.05, 0) is 24.4 Å². The average Bonchev–Trinajstić information content (AvgIpc) is 2.76. The molecule has 1 aromatic carbocycles. The van der Waals surface area contributed by atoms with Crippen LogP contribution in [0.4, 0.5) is 18.9 Å². The smallest absolute Gasteiger partial charge is 0.335 e. The van der Waals surface area contributed by atoms with Crippen LogP contribution in [0.2, 0.25) is 0 Å². The summed E-state index contributed by atoms with van der Waals surface area (Å²) in [6.07, 6.45) is -4.48. The number of nitrogens with two attached hydrogens (primary N) is 1. The van der Waals surface area contributed by atoms with E-state index < -0.39 is 17.6 Å². The summed E-state index contributed by atoms with van der Waals surface area (Å²) < 4.78 is 39.7. The Bertz CT molecular complexity index is 737. The summed E-state index contributed by atoms with van der Waals surface area (Å²) in [5, 5.41) is 8.50. The number of para-hydroxylation sites is 1. The molecule has 4 N–H and O–H groups in total. The van der Waals surface area contributed by atoms with Crippen LogP contribution in [0.1, 0.15) is 17.8 Å². The number of nitrogens with one attached hydrogen (secondary N) is 2. The number of H-pyrrole nitrogens is 1. The number of carbonyl (C=O) groups is 1. The summed E-state index contributed by atoms with van der Waals surface area (Å²) in [4.78, 5) is 11.8. The van der Waals surface area contributed by atoms with Crippen molar-refractivity contribution in [1.82, 2.24) is 14.9 Å². The number of carbonyl (C=O) groups excluding carboxylic acids is 1. The molecule has 1 heterocycles. The molecule has 2 rings (SSSR count). The van der Waals surface area contributed by atoms with Crippen molar-refractivity contribution < 1.29 is 18.0 Å². The van der Waals surface area contributed by atoms with E-state index in [-0.39, 0.29) is 23.3 Å². The summed E-state index contributed by atoms with van der Waals surface area (Å²) in [6.45, 7) is 0. The van der Waals surface area contributed by atoms with Gasteiger partial charge in [0, 0.05) is 12.8 Å². The van der Waals surface area contributed by atoms with E-state index in [0.717, 1.165) is 10.7 Å². The number of alkyl halides is 3. The van der Waals surface area contributed by atoms with Crippen LogP contribution >= 0.6 is 12.2 Å². The number of hydrogen-bond acceptors (Lipinski definition) is 4. The monoisotopic (exact) mass is 331 g/mol. The highest BCUT2D eigenvalue weighted by atomic mass is 32.1. The molecule has 0 aliphatic rings. The predicted octanol–water partition coefficient (Wildman–Crippen LogP) is 2.24. The number of aromatic amines is 1. The zero-order chi connectivity index (χ0) is 16.3. The first-order valence-electron chi connectivity index (χ1n) is 6.16. The predicted molar refractivity (Wildman–Crippen MR) is 76.0 cm³/mol. The Balaban J connectivity index is 2.04. The molecular weight excluding hydrogens is 319 g/mol. The number of benzene rings is 1. The van der Waals surface area contributed by atoms with E-state index in [1.165, 1.54) is 18.2 Å². The molecular formula is C12H12F3N5OS. The molecule has 22 heavy (non-hydrogen) atoms. The molecule has 0 unspecified atom stereocenters. The highest BCUT2D eigenvalue weighted by Gasteiger charge is 2.33. The Morgan fingerprint density at radius 1 is 1.41 bits per heavy atom. The number of anilines is 1. The van der Waals surface area contributed by atoms with Gasteiger partial charge in [0.05, 0.1) is 11.3 Å². The lowest BCUT2D eigenvalue weighted by atomic mass is 10.1. The topological polar surface area (TPSA) is 88.7 Å². The maximum atomic E-state index is 12.8. The third-order valence-corrected chi connectivity index (χ3v) is 3.15. The van der Waals surface area contributed by atoms with Gasteiger partial charge in [0.2, 0.25) is 10.7 Å². The lowest BCUT2D eigenvalue weighted by Crippen LogP contribution is -2.19. The van der Waals surface area contributed by atoms with Crippen molar-refractivity contribution in [2.24, 2.45) is 0 Å². The number of aromatic nitrogens is 3. The van der Waals surface area contributed by atoms with Crippen LogP contribution in [-0.2, 0) is 17.4 Å². The quantitative estimate of drug-likeness (QED) is 0.592. The standard InChI is InChI=1S/C12H12F3N5OS/c13-12(14,15)7-3-1-2-4-8(7)17-10(21)6-5-9-18-19-11(22)20(9)16/h1-4H,5-6,16H2,(H,17,21)(H,19,22). The lowest BCUT2D eigenvalue weighted by molar-refractivity contribution is -0.137. The van der Waals surface area contributed by atoms with Gasteiger partial charge in [0.15, 0.2) is 5.82 Å². The van der Waals surface area contributed by atoms with Gasteiger partial charge < -0.3 is 11.2 Å². The van der Waals surface area contributed by atoms with E-state index in [0.29, 0.717) is 5.82 Å². The molecule has 118 valence electrons. The first kappa shape index (κ1) is 16.0. The van der Waals surface area contributed by atoms with Crippen molar-refractivity contribution in [3.8, 4) is 0 Å². The summed E-state index contributed by atoms with van der Waals surface area (Å²) in [5.74, 6) is 5.32. The zero-order valence-corrected chi connectivity index (χ0v) is 12.0. The van der Waals surface area contributed by atoms with Crippen LogP contribution in [0.25, 0.3) is 0 Å². The van der Waals surface area contributed by atoms with E-state index in [2.05, 4.69) is 15.5 Å². The van der Waals surface area contributed by atoms with Gasteiger partial charge in [-0.2, -0.15) is 18.3 Å². The lowest BCUT2D eigenvalue weighted by Gasteiger charge is -2.13. The van der Waals surface area contributed by atoms with Crippen molar-refractivity contribution >= 4 is 23.8 Å². The number of amides is 1. The summed E-state index contributed by atoms with van der Waals surface area (Å²) in [7, 11) is 0. The molecule has 1 aromatic heterocycles. The minimum atomic E-state index is -4.54. The molecule has 0 bridgehead atoms. The molecule has 1 amide bonds. The van der Waals surface area contributed by atoms with Gasteiger partial charge in [0.25, 0.3) is 0 Å². The second kappa shape index (κ2) is 6.18. The molecule has 0 radical (unpaired) electrons. The Hall–Kier alpha value is -2.36. The number of rotatable bonds is 4. The Kier molecular flexibility index (Phi) is 4.50. The fourth-order valence-corrected chi connectivity index (χ4v) is 1.94. The van der Waals surface area contributed by atoms with Gasteiger partial charge in [-0.1, -0.05) is 12.1 Å². The normalized spacial score (nSPS) is 11.4. The molecule has 6 nitrogen and oxygen atoms in total. The fourth-order valence-electron chi connectivity index (χ4n) is 1.79. The minimum Gasteiger partial charge on any atom is -0.335 e. The van der Waals surface area contributed by atoms with Crippen LogP contribution in [0.5, 0.6) is 0 Å². The van der Waals surface area contributed by atoms with Crippen molar-refractivity contribution in [1.29, 1.82) is 0 Å². The molecule has 0 saturated heterocycles. The Morgan fingerprint density at radius 2 is 2.09 bits per heavy atom. The van der Waals surface area contributed by atoms with Crippen molar-refractivity contribution in [3.63, 3.8) is 0 Å². The van der Waals surface area contributed by atoms with Gasteiger partial charge >= 0.3 is 6.18 Å². The molecule has 0 aliphatic carbocycles. The van der Waals surface area contributed by atoms with Crippen LogP contribution < -0.4 is 11.2 Å². The number of hydrogen-bond donors (Lipinski definition) is 3. The first-order valence-corrected chi connectivity index (χ1v) is 6.57. The average molecular weight is 331 g/mol. The van der Waals surface area contributed by atoms with E-state index in [1.54, 1.807) is 0 Å². The largest absolute Gasteiger partial charge is 0.418 e. The highest BCUT2D eigenvalue weighted by molar-refractivity contribution is 7.71. The third kappa shape index (κ3) is 3.64. The number of aryl methyl sites for hydroxylation is 1. The Morgan fingerprint density at radius 3 is 2.68 bits per heavy atom. The highest BCUT2D eigenvalue weighted by Crippen LogP contribution is 2.34. The molecule has 10 heteroatoms. The Labute approximate surface area is 128 Å². The molecule has 0 fully saturated rings. The SMILES string of the molecule is Nn1c(CCC(=O)Nc2ccccc2C(F)(F)F)n[nH]c1=S. The zero-order valence-electron chi connectivity index (χ0n) is 11.1. The maximum Gasteiger partial charge on any atom is 0.418 e. The summed E-state index contributed by atoms with van der Waals surface area (Å²) in [6, 6.07) is 4.76. The van der Waals surface area contributed by atoms with Crippen LogP contribution in [-0.4, -0.2) is 20.8 Å². The van der Waals surface area contributed by atoms with Crippen LogP contribution in [0.15, 0.2) is 24.3 Å². The second-order valence-corrected chi connectivity index (χ2v) is 4.79. The number of nitrogen functional groups attached to an aromatic ring is 1. The van der Waals surface area contributed by atoms with Gasteiger partial charge in [0.1, 0.15) is 0 Å². The van der Waals surface area contributed by atoms with E-state index in [1.807, 2.05) is 0 Å². The van der Waals surface area contributed by atoms with Gasteiger partial charge in [-0.15, -0.1) is 0 Å². The van der Waals surface area contributed by atoms with Crippen molar-refractivity contribution in [2.75, 3.05) is 11.2 Å². The second-order valence-electron chi connectivity index (χ2n) is 4.41. The van der Waals surface area contributed by atoms with Gasteiger partial charge in [-0.3, -0.25) is 9.89 Å². The van der Waals surface area contributed by atoms with Crippen molar-refractivity contribution in [3.05, 3.63) is 40.4 Å². The van der Waals surface area contributed by atoms with E-state index in [9.17, 15) is 18.0 Å². The maximum absolute atomic E-state index is 12.8. The molecule has 0 aliphatic heterocycles. The summed E-state index contributed by atoms with van der Waals surface area (Å²) in [5.41, 5.74) is -1.18. The van der Waals surface area contributed by atoms with Gasteiger partial charge in [-0.25, -0.2) is 4.68 Å². The van der Waals surface area contributed by atoms with Crippen LogP contribution in [0, 0.1) is 4.77 Å². The third-order valence-electron chi connectivity index (χ3n) is 2.86. The van der Waals surface area contributed by atoms with Crippen molar-refractivity contribution in [2.45, 2.75) is 19.0 Å². The van der Waals surface area contributed by atoms with E-state index >= 15 is 0 Å². The first-order chi connectivity index (χ1) is 10.3.